The van der Waals surface area contributed by atoms with Crippen LogP contribution in [0.4, 0.5) is 5.69 Å². The Kier molecular flexibility index (Phi) is 4.52. The average Bonchev–Trinajstić information content (AvgIpc) is 3.35. The average molecular weight is 457 g/mol. The normalized spacial score (nSPS) is 18.4. The largest absolute Gasteiger partial charge is 0.271 e. The molecule has 0 spiro atoms. The summed E-state index contributed by atoms with van der Waals surface area (Å²) in [7, 11) is 0. The monoisotopic (exact) mass is 456 g/mol. The van der Waals surface area contributed by atoms with Crippen molar-refractivity contribution in [2.45, 2.75) is 18.0 Å². The van der Waals surface area contributed by atoms with Crippen molar-refractivity contribution in [3.63, 3.8) is 0 Å². The number of hydrogen-bond acceptors (Lipinski definition) is 7. The van der Waals surface area contributed by atoms with Crippen molar-refractivity contribution >= 4 is 46.4 Å². The second kappa shape index (κ2) is 7.25. The molecule has 0 saturated carbocycles. The summed E-state index contributed by atoms with van der Waals surface area (Å²) >= 11 is 11.7. The first-order valence-electron chi connectivity index (χ1n) is 9.12. The summed E-state index contributed by atoms with van der Waals surface area (Å²) in [4.78, 5) is 23.1. The minimum atomic E-state index is -0.835. The van der Waals surface area contributed by atoms with Gasteiger partial charge in [-0.25, -0.2) is 14.4 Å². The summed E-state index contributed by atoms with van der Waals surface area (Å²) in [6.45, 7) is 0.206. The summed E-state index contributed by atoms with van der Waals surface area (Å²) < 4.78 is 3.35. The summed E-state index contributed by atoms with van der Waals surface area (Å²) in [5.74, 6) is 0.0803. The lowest BCUT2D eigenvalue weighted by atomic mass is 9.95. The molecule has 31 heavy (non-hydrogen) atoms. The number of non-ortho nitro benzene ring substituents is 1. The van der Waals surface area contributed by atoms with Gasteiger partial charge in [-0.2, -0.15) is 5.10 Å². The number of carbonyl (C=O) groups excluding carboxylic acids is 1. The van der Waals surface area contributed by atoms with Gasteiger partial charge in [0.1, 0.15) is 23.5 Å². The number of amides is 1. The van der Waals surface area contributed by atoms with Crippen molar-refractivity contribution in [1.82, 2.24) is 29.9 Å². The molecule has 2 unspecified atom stereocenters. The van der Waals surface area contributed by atoms with E-state index in [9.17, 15) is 14.9 Å². The zero-order valence-corrected chi connectivity index (χ0v) is 17.2. The minimum Gasteiger partial charge on any atom is -0.271 e. The van der Waals surface area contributed by atoms with Crippen LogP contribution in [-0.4, -0.2) is 46.1 Å². The lowest BCUT2D eigenvalue weighted by Gasteiger charge is -2.44. The first kappa shape index (κ1) is 19.3. The van der Waals surface area contributed by atoms with Gasteiger partial charge < -0.3 is 0 Å². The molecule has 0 aliphatic carbocycles. The first-order valence-corrected chi connectivity index (χ1v) is 9.96. The third-order valence-electron chi connectivity index (χ3n) is 5.09. The number of halogens is 1. The maximum atomic E-state index is 12.7. The minimum absolute atomic E-state index is 0.0502. The number of nitrogens with one attached hydrogen (secondary N) is 1. The Hall–Kier alpha value is -3.64. The summed E-state index contributed by atoms with van der Waals surface area (Å²) in [6.07, 6.45) is 0. The van der Waals surface area contributed by atoms with E-state index in [1.165, 1.54) is 21.8 Å². The molecule has 2 aromatic carbocycles. The highest BCUT2D eigenvalue weighted by molar-refractivity contribution is 7.71. The van der Waals surface area contributed by atoms with Crippen molar-refractivity contribution < 1.29 is 9.72 Å². The number of benzene rings is 2. The summed E-state index contributed by atoms with van der Waals surface area (Å²) in [5.41, 5.74) is 2.13. The second-order valence-corrected chi connectivity index (χ2v) is 7.73. The molecule has 1 amide bonds. The number of β-lactam (4-membered cyclic amide) rings is 1. The van der Waals surface area contributed by atoms with Crippen molar-refractivity contribution in [2.24, 2.45) is 0 Å². The van der Waals surface area contributed by atoms with Crippen LogP contribution in [0.2, 0.25) is 0 Å². The molecular weight excluding hydrogens is 444 g/mol. The predicted molar refractivity (Wildman–Crippen MR) is 113 cm³/mol. The molecular formula is C18H13ClN8O3S. The number of alkyl halides is 1. The lowest BCUT2D eigenvalue weighted by molar-refractivity contribution is -0.384. The van der Waals surface area contributed by atoms with E-state index in [2.05, 4.69) is 20.5 Å². The van der Waals surface area contributed by atoms with Gasteiger partial charge in [-0.15, -0.1) is 16.7 Å². The number of nitro groups is 1. The zero-order valence-electron chi connectivity index (χ0n) is 15.6. The number of aromatic nitrogens is 6. The Morgan fingerprint density at radius 1 is 1.19 bits per heavy atom. The number of rotatable bonds is 5. The number of fused-ring (bicyclic) bond motifs is 1. The smallest absolute Gasteiger partial charge is 0.269 e. The highest BCUT2D eigenvalue weighted by atomic mass is 35.5. The molecule has 0 radical (unpaired) electrons. The Balaban J connectivity index is 1.52. The number of H-pyrrole nitrogens is 1. The molecule has 2 aromatic heterocycles. The number of aromatic amines is 1. The summed E-state index contributed by atoms with van der Waals surface area (Å²) in [6, 6.07) is 12.8. The van der Waals surface area contributed by atoms with Crippen molar-refractivity contribution in [2.75, 3.05) is 5.01 Å². The van der Waals surface area contributed by atoms with E-state index in [4.69, 9.17) is 23.8 Å². The van der Waals surface area contributed by atoms with E-state index < -0.39 is 16.3 Å². The molecule has 4 aromatic rings. The van der Waals surface area contributed by atoms with E-state index in [-0.39, 0.29) is 22.9 Å². The van der Waals surface area contributed by atoms with Crippen LogP contribution in [0.5, 0.6) is 0 Å². The van der Waals surface area contributed by atoms with Crippen LogP contribution in [0, 0.1) is 14.9 Å². The van der Waals surface area contributed by atoms with Crippen LogP contribution in [0.15, 0.2) is 48.5 Å². The molecule has 13 heteroatoms. The highest BCUT2D eigenvalue weighted by Crippen LogP contribution is 2.38. The molecule has 11 nitrogen and oxygen atoms in total. The maximum absolute atomic E-state index is 12.7. The third kappa shape index (κ3) is 3.07. The highest BCUT2D eigenvalue weighted by Gasteiger charge is 2.49. The lowest BCUT2D eigenvalue weighted by Crippen LogP contribution is -2.62. The maximum Gasteiger partial charge on any atom is 0.269 e. The fourth-order valence-electron chi connectivity index (χ4n) is 3.58. The van der Waals surface area contributed by atoms with E-state index in [1.807, 2.05) is 24.3 Å². The molecule has 1 fully saturated rings. The number of carbonyl (C=O) groups is 1. The molecule has 1 N–H and O–H groups in total. The van der Waals surface area contributed by atoms with Crippen LogP contribution >= 0.6 is 23.8 Å². The predicted octanol–water partition coefficient (Wildman–Crippen LogP) is 2.47. The second-order valence-electron chi connectivity index (χ2n) is 6.87. The number of para-hydroxylation sites is 1. The molecule has 1 aliphatic heterocycles. The zero-order chi connectivity index (χ0) is 21.7. The Bertz CT molecular complexity index is 1380. The van der Waals surface area contributed by atoms with Gasteiger partial charge in [0.15, 0.2) is 5.82 Å². The molecule has 1 aliphatic rings. The van der Waals surface area contributed by atoms with Gasteiger partial charge in [-0.05, 0) is 42.0 Å². The van der Waals surface area contributed by atoms with Crippen LogP contribution in [-0.2, 0) is 11.3 Å². The van der Waals surface area contributed by atoms with E-state index in [0.717, 1.165) is 11.0 Å². The standard InChI is InChI=1S/C18H13ClN8O3S/c19-15-16(10-5-7-11(8-6-10)27(29)30)26(17(15)28)25-14(21-22-18(25)31)9-24-13-4-2-1-3-12(13)20-23-24/h1-8,15-16H,9H2,(H,22,31). The van der Waals surface area contributed by atoms with Gasteiger partial charge in [0.25, 0.3) is 11.6 Å². The fourth-order valence-corrected chi connectivity index (χ4v) is 4.17. The van der Waals surface area contributed by atoms with E-state index >= 15 is 0 Å². The molecule has 3 heterocycles. The van der Waals surface area contributed by atoms with Gasteiger partial charge in [0.05, 0.1) is 10.4 Å². The van der Waals surface area contributed by atoms with E-state index in [1.54, 1.807) is 16.8 Å². The number of nitrogens with zero attached hydrogens (tertiary/aromatic N) is 7. The number of hydrogen-bond donors (Lipinski definition) is 1. The van der Waals surface area contributed by atoms with Crippen LogP contribution in [0.25, 0.3) is 11.0 Å². The molecule has 2 atom stereocenters. The molecule has 5 rings (SSSR count). The molecule has 1 saturated heterocycles. The molecule has 156 valence electrons. The van der Waals surface area contributed by atoms with Crippen molar-refractivity contribution in [3.05, 3.63) is 74.8 Å². The van der Waals surface area contributed by atoms with Crippen LogP contribution in [0.3, 0.4) is 0 Å². The fraction of sp³-hybridized carbons (Fsp3) is 0.167. The van der Waals surface area contributed by atoms with Gasteiger partial charge in [0, 0.05) is 12.1 Å². The Morgan fingerprint density at radius 2 is 1.94 bits per heavy atom. The third-order valence-corrected chi connectivity index (χ3v) is 5.78. The van der Waals surface area contributed by atoms with Crippen LogP contribution < -0.4 is 5.01 Å². The molecule has 0 bridgehead atoms. The Morgan fingerprint density at radius 3 is 2.68 bits per heavy atom. The van der Waals surface area contributed by atoms with Crippen molar-refractivity contribution in [3.8, 4) is 0 Å². The van der Waals surface area contributed by atoms with Gasteiger partial charge in [0.2, 0.25) is 4.77 Å². The van der Waals surface area contributed by atoms with Gasteiger partial charge in [-0.3, -0.25) is 20.0 Å². The quantitative estimate of drug-likeness (QED) is 0.160. The van der Waals surface area contributed by atoms with Crippen molar-refractivity contribution in [1.29, 1.82) is 0 Å². The SMILES string of the molecule is O=C1C(Cl)C(c2ccc([N+](=O)[O-])cc2)N1n1c(Cn2nnc3ccccc32)n[nH]c1=S. The van der Waals surface area contributed by atoms with Gasteiger partial charge >= 0.3 is 0 Å². The van der Waals surface area contributed by atoms with Crippen LogP contribution in [0.1, 0.15) is 17.4 Å². The summed E-state index contributed by atoms with van der Waals surface area (Å²) in [5, 5.41) is 26.7. The Labute approximate surface area is 184 Å². The first-order chi connectivity index (χ1) is 15.0. The number of nitro benzene ring substituents is 1. The topological polar surface area (TPSA) is 128 Å². The van der Waals surface area contributed by atoms with E-state index in [0.29, 0.717) is 11.4 Å². The van der Waals surface area contributed by atoms with Gasteiger partial charge in [-0.1, -0.05) is 17.3 Å².